The summed E-state index contributed by atoms with van der Waals surface area (Å²) in [5.74, 6) is -4.00. The maximum absolute atomic E-state index is 13.3. The maximum Gasteiger partial charge on any atom is 0.408 e. The Labute approximate surface area is 221 Å². The number of aliphatic carboxylic acids is 1. The number of nitrogens with one attached hydrogen (secondary N) is 4. The van der Waals surface area contributed by atoms with Crippen LogP contribution in [0.25, 0.3) is 0 Å². The topological polar surface area (TPSA) is 203 Å². The molecule has 38 heavy (non-hydrogen) atoms. The maximum atomic E-state index is 13.3. The van der Waals surface area contributed by atoms with Crippen LogP contribution in [-0.4, -0.2) is 82.0 Å². The lowest BCUT2D eigenvalue weighted by Crippen LogP contribution is -2.57. The van der Waals surface area contributed by atoms with E-state index in [4.69, 9.17) is 14.9 Å². The second-order valence-electron chi connectivity index (χ2n) is 9.80. The van der Waals surface area contributed by atoms with Crippen LogP contribution in [0.4, 0.5) is 4.79 Å². The van der Waals surface area contributed by atoms with Gasteiger partial charge in [-0.1, -0.05) is 32.4 Å². The van der Waals surface area contributed by atoms with Gasteiger partial charge in [0.25, 0.3) is 0 Å². The van der Waals surface area contributed by atoms with E-state index < -0.39 is 66.7 Å². The van der Waals surface area contributed by atoms with Gasteiger partial charge in [-0.05, 0) is 44.4 Å². The standard InChI is InChI=1S/C25H38N4O9/c1-6-14(2)20(22(34)26-12-19(32)27-18(13-30)23(35)36)29-21(33)17(28-24(37)38-25(3,4)5)11-15-7-9-16(31)10-8-15/h7-10,14,17-18,20,30-31H,6,11-13H2,1-5H3,(H,26,34)(H,27,32)(H,28,37)(H,29,33)(H,35,36)/t14-,17-,18-,20-/m0/s1. The number of amides is 4. The van der Waals surface area contributed by atoms with Crippen molar-refractivity contribution in [1.29, 1.82) is 0 Å². The van der Waals surface area contributed by atoms with Crippen LogP contribution in [0.15, 0.2) is 24.3 Å². The minimum absolute atomic E-state index is 0.0281. The summed E-state index contributed by atoms with van der Waals surface area (Å²) in [5, 5.41) is 37.1. The van der Waals surface area contributed by atoms with Crippen molar-refractivity contribution < 1.29 is 44.0 Å². The van der Waals surface area contributed by atoms with Crippen molar-refractivity contribution in [3.8, 4) is 5.75 Å². The second kappa shape index (κ2) is 14.8. The normalized spacial score (nSPS) is 14.3. The molecular formula is C25H38N4O9. The van der Waals surface area contributed by atoms with Gasteiger partial charge in [-0.3, -0.25) is 14.4 Å². The van der Waals surface area contributed by atoms with Crippen LogP contribution in [-0.2, 0) is 30.3 Å². The van der Waals surface area contributed by atoms with E-state index in [1.807, 2.05) is 0 Å². The van der Waals surface area contributed by atoms with Crippen LogP contribution >= 0.6 is 0 Å². The largest absolute Gasteiger partial charge is 0.508 e. The number of carboxylic acid groups (broad SMARTS) is 1. The number of carbonyl (C=O) groups is 5. The van der Waals surface area contributed by atoms with Gasteiger partial charge in [-0.15, -0.1) is 0 Å². The Morgan fingerprint density at radius 1 is 0.947 bits per heavy atom. The molecular weight excluding hydrogens is 500 g/mol. The number of hydrogen-bond acceptors (Lipinski definition) is 8. The third kappa shape index (κ3) is 11.5. The molecule has 0 bridgehead atoms. The number of phenolic OH excluding ortho intramolecular Hbond substituents is 1. The highest BCUT2D eigenvalue weighted by Crippen LogP contribution is 2.14. The van der Waals surface area contributed by atoms with Crippen LogP contribution < -0.4 is 21.3 Å². The molecule has 0 heterocycles. The fourth-order valence-electron chi connectivity index (χ4n) is 3.19. The molecule has 212 valence electrons. The molecule has 0 saturated heterocycles. The molecule has 0 aliphatic heterocycles. The molecule has 7 N–H and O–H groups in total. The highest BCUT2D eigenvalue weighted by atomic mass is 16.6. The van der Waals surface area contributed by atoms with Gasteiger partial charge in [-0.25, -0.2) is 9.59 Å². The zero-order chi connectivity index (χ0) is 29.0. The van der Waals surface area contributed by atoms with Crippen LogP contribution in [0, 0.1) is 5.92 Å². The Morgan fingerprint density at radius 3 is 2.05 bits per heavy atom. The number of hydrogen-bond donors (Lipinski definition) is 7. The lowest BCUT2D eigenvalue weighted by molar-refractivity contribution is -0.142. The molecule has 13 nitrogen and oxygen atoms in total. The van der Waals surface area contributed by atoms with E-state index in [2.05, 4.69) is 21.3 Å². The van der Waals surface area contributed by atoms with E-state index in [0.717, 1.165) is 0 Å². The van der Waals surface area contributed by atoms with Crippen LogP contribution in [0.5, 0.6) is 5.75 Å². The lowest BCUT2D eigenvalue weighted by Gasteiger charge is -2.27. The quantitative estimate of drug-likeness (QED) is 0.181. The zero-order valence-electron chi connectivity index (χ0n) is 22.2. The van der Waals surface area contributed by atoms with Gasteiger partial charge in [0.15, 0.2) is 0 Å². The minimum Gasteiger partial charge on any atom is -0.508 e. The first-order valence-corrected chi connectivity index (χ1v) is 12.1. The first-order valence-electron chi connectivity index (χ1n) is 12.1. The van der Waals surface area contributed by atoms with Crippen molar-refractivity contribution >= 4 is 29.8 Å². The van der Waals surface area contributed by atoms with E-state index in [0.29, 0.717) is 12.0 Å². The molecule has 4 atom stereocenters. The number of carboxylic acids is 1. The van der Waals surface area contributed by atoms with Gasteiger partial charge < -0.3 is 41.3 Å². The molecule has 0 radical (unpaired) electrons. The van der Waals surface area contributed by atoms with Gasteiger partial charge in [-0.2, -0.15) is 0 Å². The number of phenols is 1. The molecule has 0 aromatic heterocycles. The zero-order valence-corrected chi connectivity index (χ0v) is 22.2. The summed E-state index contributed by atoms with van der Waals surface area (Å²) < 4.78 is 5.27. The summed E-state index contributed by atoms with van der Waals surface area (Å²) in [5.41, 5.74) is -0.198. The van der Waals surface area contributed by atoms with Gasteiger partial charge in [0.2, 0.25) is 17.7 Å². The molecule has 0 fully saturated rings. The molecule has 4 amide bonds. The number of aliphatic hydroxyl groups excluding tert-OH is 1. The minimum atomic E-state index is -1.52. The van der Waals surface area contributed by atoms with E-state index in [1.54, 1.807) is 46.8 Å². The average molecular weight is 539 g/mol. The van der Waals surface area contributed by atoms with E-state index in [-0.39, 0.29) is 18.1 Å². The predicted molar refractivity (Wildman–Crippen MR) is 136 cm³/mol. The first kappa shape index (κ1) is 32.2. The third-order valence-electron chi connectivity index (χ3n) is 5.42. The third-order valence-corrected chi connectivity index (χ3v) is 5.42. The van der Waals surface area contributed by atoms with E-state index in [9.17, 15) is 29.1 Å². The van der Waals surface area contributed by atoms with Crippen LogP contribution in [0.2, 0.25) is 0 Å². The monoisotopic (exact) mass is 538 g/mol. The van der Waals surface area contributed by atoms with Crippen LogP contribution in [0.1, 0.15) is 46.6 Å². The summed E-state index contributed by atoms with van der Waals surface area (Å²) in [6.45, 7) is 7.11. The molecule has 1 aromatic carbocycles. The Bertz CT molecular complexity index is 976. The Balaban J connectivity index is 3.01. The number of aliphatic hydroxyl groups is 1. The summed E-state index contributed by atoms with van der Waals surface area (Å²) in [4.78, 5) is 61.6. The first-order chi connectivity index (χ1) is 17.7. The number of benzene rings is 1. The van der Waals surface area contributed by atoms with Gasteiger partial charge >= 0.3 is 12.1 Å². The predicted octanol–water partition coefficient (Wildman–Crippen LogP) is 0.0368. The van der Waals surface area contributed by atoms with Crippen LogP contribution in [0.3, 0.4) is 0 Å². The average Bonchev–Trinajstić information content (AvgIpc) is 2.83. The Hall–Kier alpha value is -3.87. The van der Waals surface area contributed by atoms with Crippen molar-refractivity contribution in [1.82, 2.24) is 21.3 Å². The van der Waals surface area contributed by atoms with Crippen molar-refractivity contribution in [2.24, 2.45) is 5.92 Å². The molecule has 0 unspecified atom stereocenters. The summed E-state index contributed by atoms with van der Waals surface area (Å²) >= 11 is 0. The smallest absolute Gasteiger partial charge is 0.408 e. The molecule has 0 saturated carbocycles. The fourth-order valence-corrected chi connectivity index (χ4v) is 3.19. The lowest BCUT2D eigenvalue weighted by atomic mass is 9.97. The number of rotatable bonds is 13. The number of aromatic hydroxyl groups is 1. The number of ether oxygens (including phenoxy) is 1. The Morgan fingerprint density at radius 2 is 1.55 bits per heavy atom. The van der Waals surface area contributed by atoms with E-state index in [1.165, 1.54) is 12.1 Å². The SMILES string of the molecule is CC[C@H](C)[C@H](NC(=O)[C@H](Cc1ccc(O)cc1)NC(=O)OC(C)(C)C)C(=O)NCC(=O)N[C@@H](CO)C(=O)O. The molecule has 0 aliphatic carbocycles. The van der Waals surface area contributed by atoms with Crippen molar-refractivity contribution in [2.45, 2.75) is 71.2 Å². The Kier molecular flexibility index (Phi) is 12.5. The van der Waals surface area contributed by atoms with Gasteiger partial charge in [0.05, 0.1) is 13.2 Å². The molecule has 1 aromatic rings. The van der Waals surface area contributed by atoms with Crippen molar-refractivity contribution in [3.63, 3.8) is 0 Å². The number of alkyl carbamates (subject to hydrolysis) is 1. The molecule has 1 rings (SSSR count). The highest BCUT2D eigenvalue weighted by molar-refractivity contribution is 5.93. The molecule has 0 aliphatic rings. The summed E-state index contributed by atoms with van der Waals surface area (Å²) in [6, 6.07) is 2.29. The summed E-state index contributed by atoms with van der Waals surface area (Å²) in [6.07, 6.45) is -0.326. The second-order valence-corrected chi connectivity index (χ2v) is 9.80. The van der Waals surface area contributed by atoms with Crippen molar-refractivity contribution in [3.05, 3.63) is 29.8 Å². The highest BCUT2D eigenvalue weighted by Gasteiger charge is 2.31. The molecule has 0 spiro atoms. The van der Waals surface area contributed by atoms with Crippen molar-refractivity contribution in [2.75, 3.05) is 13.2 Å². The van der Waals surface area contributed by atoms with Gasteiger partial charge in [0, 0.05) is 6.42 Å². The molecule has 13 heteroatoms. The van der Waals surface area contributed by atoms with Gasteiger partial charge in [0.1, 0.15) is 29.5 Å². The summed E-state index contributed by atoms with van der Waals surface area (Å²) in [7, 11) is 0. The number of carbonyl (C=O) groups excluding carboxylic acids is 4. The fraction of sp³-hybridized carbons (Fsp3) is 0.560. The van der Waals surface area contributed by atoms with E-state index >= 15 is 0 Å².